The molecule has 8 heteroatoms. The number of hydrogen-bond acceptors (Lipinski definition) is 5. The van der Waals surface area contributed by atoms with Crippen molar-refractivity contribution in [2.24, 2.45) is 0 Å². The first-order chi connectivity index (χ1) is 12.0. The van der Waals surface area contributed by atoms with E-state index in [0.717, 1.165) is 18.5 Å². The number of aromatic nitrogens is 1. The summed E-state index contributed by atoms with van der Waals surface area (Å²) in [6.07, 6.45) is 2.09. The van der Waals surface area contributed by atoms with E-state index in [-0.39, 0.29) is 11.9 Å². The molecule has 0 aliphatic heterocycles. The predicted molar refractivity (Wildman–Crippen MR) is 94.6 cm³/mol. The molecule has 3 rings (SSSR count). The maximum absolute atomic E-state index is 12.1. The highest BCUT2D eigenvalue weighted by Crippen LogP contribution is 2.19. The zero-order chi connectivity index (χ0) is 17.8. The molecule has 1 heterocycles. The molecule has 0 saturated heterocycles. The van der Waals surface area contributed by atoms with Crippen molar-refractivity contribution < 1.29 is 14.1 Å². The lowest BCUT2D eigenvalue weighted by Crippen LogP contribution is -2.32. The molecule has 1 aromatic heterocycles. The zero-order valence-corrected chi connectivity index (χ0v) is 14.1. The van der Waals surface area contributed by atoms with Crippen LogP contribution < -0.4 is 21.3 Å². The molecule has 25 heavy (non-hydrogen) atoms. The predicted octanol–water partition coefficient (Wildman–Crippen LogP) is 2.71. The molecule has 132 valence electrons. The standard InChI is InChI=1S/C17H21N5O3/c1-10-9-15(22-25-10)21-16(23)11(2)18-12-3-5-13(6-4-12)19-17(24)20-14-7-8-14/h3-6,9,11,14,18H,7-8H2,1-2H3,(H2,19,20,24)(H,21,22,23). The van der Waals surface area contributed by atoms with Crippen LogP contribution in [0.5, 0.6) is 0 Å². The second-order valence-corrected chi connectivity index (χ2v) is 6.13. The lowest BCUT2D eigenvalue weighted by atomic mass is 10.2. The minimum absolute atomic E-state index is 0.195. The second-order valence-electron chi connectivity index (χ2n) is 6.13. The Bertz CT molecular complexity index is 752. The topological polar surface area (TPSA) is 108 Å². The smallest absolute Gasteiger partial charge is 0.319 e. The van der Waals surface area contributed by atoms with Crippen LogP contribution in [0.4, 0.5) is 22.0 Å². The highest BCUT2D eigenvalue weighted by molar-refractivity contribution is 5.95. The van der Waals surface area contributed by atoms with Gasteiger partial charge in [-0.25, -0.2) is 4.79 Å². The van der Waals surface area contributed by atoms with Crippen molar-refractivity contribution in [3.63, 3.8) is 0 Å². The zero-order valence-electron chi connectivity index (χ0n) is 14.1. The minimum atomic E-state index is -0.464. The Balaban J connectivity index is 1.49. The van der Waals surface area contributed by atoms with Crippen molar-refractivity contribution in [3.05, 3.63) is 36.1 Å². The Morgan fingerprint density at radius 3 is 2.44 bits per heavy atom. The molecule has 3 amide bonds. The first-order valence-corrected chi connectivity index (χ1v) is 8.18. The van der Waals surface area contributed by atoms with Crippen LogP contribution in [-0.2, 0) is 4.79 Å². The third-order valence-corrected chi connectivity index (χ3v) is 3.71. The molecule has 0 spiro atoms. The van der Waals surface area contributed by atoms with Crippen LogP contribution in [-0.4, -0.2) is 29.2 Å². The van der Waals surface area contributed by atoms with Crippen LogP contribution in [0.3, 0.4) is 0 Å². The molecule has 1 atom stereocenters. The van der Waals surface area contributed by atoms with Crippen LogP contribution in [0.1, 0.15) is 25.5 Å². The maximum Gasteiger partial charge on any atom is 0.319 e. The second kappa shape index (κ2) is 7.25. The fourth-order valence-electron chi connectivity index (χ4n) is 2.21. The van der Waals surface area contributed by atoms with Crippen molar-refractivity contribution in [1.82, 2.24) is 10.5 Å². The third kappa shape index (κ3) is 4.97. The number of hydrogen-bond donors (Lipinski definition) is 4. The number of nitrogens with zero attached hydrogens (tertiary/aromatic N) is 1. The van der Waals surface area contributed by atoms with Gasteiger partial charge in [0.1, 0.15) is 11.8 Å². The molecule has 1 aliphatic rings. The van der Waals surface area contributed by atoms with Gasteiger partial charge in [-0.2, -0.15) is 0 Å². The van der Waals surface area contributed by atoms with Gasteiger partial charge in [0.05, 0.1) is 0 Å². The summed E-state index contributed by atoms with van der Waals surface area (Å²) in [5.41, 5.74) is 1.46. The maximum atomic E-state index is 12.1. The molecule has 1 aliphatic carbocycles. The summed E-state index contributed by atoms with van der Waals surface area (Å²) in [6, 6.07) is 8.47. The van der Waals surface area contributed by atoms with Gasteiger partial charge in [-0.05, 0) is 51.0 Å². The van der Waals surface area contributed by atoms with E-state index in [4.69, 9.17) is 4.52 Å². The van der Waals surface area contributed by atoms with Gasteiger partial charge in [0, 0.05) is 23.5 Å². The molecular formula is C17H21N5O3. The van der Waals surface area contributed by atoms with Crippen molar-refractivity contribution in [2.75, 3.05) is 16.0 Å². The van der Waals surface area contributed by atoms with Gasteiger partial charge in [-0.3, -0.25) is 4.79 Å². The number of aryl methyl sites for hydroxylation is 1. The molecule has 0 bridgehead atoms. The van der Waals surface area contributed by atoms with E-state index in [9.17, 15) is 9.59 Å². The van der Waals surface area contributed by atoms with Crippen molar-refractivity contribution in [1.29, 1.82) is 0 Å². The van der Waals surface area contributed by atoms with Gasteiger partial charge in [0.15, 0.2) is 5.82 Å². The van der Waals surface area contributed by atoms with Gasteiger partial charge in [0.25, 0.3) is 0 Å². The summed E-state index contributed by atoms with van der Waals surface area (Å²) in [5.74, 6) is 0.793. The Hall–Kier alpha value is -3.03. The Labute approximate surface area is 145 Å². The van der Waals surface area contributed by atoms with Crippen molar-refractivity contribution >= 4 is 29.1 Å². The van der Waals surface area contributed by atoms with Crippen molar-refractivity contribution in [3.8, 4) is 0 Å². The number of anilines is 3. The van der Waals surface area contributed by atoms with Gasteiger partial charge < -0.3 is 25.8 Å². The number of urea groups is 1. The van der Waals surface area contributed by atoms with E-state index >= 15 is 0 Å². The Kier molecular flexibility index (Phi) is 4.87. The van der Waals surface area contributed by atoms with E-state index in [2.05, 4.69) is 26.4 Å². The van der Waals surface area contributed by atoms with Crippen LogP contribution in [0, 0.1) is 6.92 Å². The van der Waals surface area contributed by atoms with E-state index in [0.29, 0.717) is 23.3 Å². The van der Waals surface area contributed by atoms with E-state index in [1.54, 1.807) is 44.2 Å². The highest BCUT2D eigenvalue weighted by Gasteiger charge is 2.23. The lowest BCUT2D eigenvalue weighted by molar-refractivity contribution is -0.116. The Morgan fingerprint density at radius 2 is 1.84 bits per heavy atom. The van der Waals surface area contributed by atoms with Gasteiger partial charge >= 0.3 is 6.03 Å². The first kappa shape index (κ1) is 16.8. The monoisotopic (exact) mass is 343 g/mol. The number of carbonyl (C=O) groups is 2. The minimum Gasteiger partial charge on any atom is -0.374 e. The summed E-state index contributed by atoms with van der Waals surface area (Å²) < 4.78 is 4.91. The summed E-state index contributed by atoms with van der Waals surface area (Å²) in [6.45, 7) is 3.50. The summed E-state index contributed by atoms with van der Waals surface area (Å²) >= 11 is 0. The molecular weight excluding hydrogens is 322 g/mol. The molecule has 8 nitrogen and oxygen atoms in total. The summed E-state index contributed by atoms with van der Waals surface area (Å²) in [5, 5.41) is 15.1. The first-order valence-electron chi connectivity index (χ1n) is 8.18. The number of amides is 3. The molecule has 0 radical (unpaired) electrons. The van der Waals surface area contributed by atoms with E-state index < -0.39 is 6.04 Å². The number of benzene rings is 1. The van der Waals surface area contributed by atoms with E-state index in [1.165, 1.54) is 0 Å². The number of carbonyl (C=O) groups excluding carboxylic acids is 2. The average Bonchev–Trinajstić information content (AvgIpc) is 3.29. The van der Waals surface area contributed by atoms with E-state index in [1.807, 2.05) is 0 Å². The van der Waals surface area contributed by atoms with Crippen molar-refractivity contribution in [2.45, 2.75) is 38.8 Å². The summed E-state index contributed by atoms with van der Waals surface area (Å²) in [4.78, 5) is 23.8. The van der Waals surface area contributed by atoms with Crippen LogP contribution in [0.15, 0.2) is 34.9 Å². The Morgan fingerprint density at radius 1 is 1.16 bits per heavy atom. The van der Waals surface area contributed by atoms with Crippen LogP contribution >= 0.6 is 0 Å². The summed E-state index contributed by atoms with van der Waals surface area (Å²) in [7, 11) is 0. The van der Waals surface area contributed by atoms with Crippen LogP contribution in [0.2, 0.25) is 0 Å². The SMILES string of the molecule is Cc1cc(NC(=O)C(C)Nc2ccc(NC(=O)NC3CC3)cc2)no1. The number of rotatable bonds is 6. The normalized spacial score (nSPS) is 14.5. The van der Waals surface area contributed by atoms with Gasteiger partial charge in [0.2, 0.25) is 5.91 Å². The molecule has 1 unspecified atom stereocenters. The van der Waals surface area contributed by atoms with Gasteiger partial charge in [-0.15, -0.1) is 0 Å². The molecule has 1 saturated carbocycles. The fraction of sp³-hybridized carbons (Fsp3) is 0.353. The molecule has 2 aromatic rings. The quantitative estimate of drug-likeness (QED) is 0.645. The highest BCUT2D eigenvalue weighted by atomic mass is 16.5. The average molecular weight is 343 g/mol. The third-order valence-electron chi connectivity index (χ3n) is 3.71. The van der Waals surface area contributed by atoms with Crippen LogP contribution in [0.25, 0.3) is 0 Å². The van der Waals surface area contributed by atoms with Gasteiger partial charge in [-0.1, -0.05) is 5.16 Å². The largest absolute Gasteiger partial charge is 0.374 e. The molecule has 1 fully saturated rings. The lowest BCUT2D eigenvalue weighted by Gasteiger charge is -2.14. The number of nitrogens with one attached hydrogen (secondary N) is 4. The molecule has 1 aromatic carbocycles. The fourth-order valence-corrected chi connectivity index (χ4v) is 2.21. The molecule has 4 N–H and O–H groups in total.